The summed E-state index contributed by atoms with van der Waals surface area (Å²) in [6.07, 6.45) is 10.6. The average Bonchev–Trinajstić information content (AvgIpc) is 2.46. The van der Waals surface area contributed by atoms with Crippen LogP contribution in [0.15, 0.2) is 36.4 Å². The maximum Gasteiger partial charge on any atom is -0.00933 e. The standard InChI is InChI=1S/C19H28/c1-4-19(14-8-5-9-15-19)17(3)12-13-18-11-7-6-10-16(18)2/h6-7,10-11H,3-5,8-9,12-15H2,1-2H3. The highest BCUT2D eigenvalue weighted by Crippen LogP contribution is 2.45. The average molecular weight is 256 g/mol. The highest BCUT2D eigenvalue weighted by Gasteiger charge is 2.32. The van der Waals surface area contributed by atoms with Crippen LogP contribution in [0.1, 0.15) is 63.0 Å². The van der Waals surface area contributed by atoms with Gasteiger partial charge in [0.05, 0.1) is 0 Å². The summed E-state index contributed by atoms with van der Waals surface area (Å²) in [6.45, 7) is 9.03. The molecule has 0 N–H and O–H groups in total. The second kappa shape index (κ2) is 6.41. The Bertz CT molecular complexity index is 421. The molecule has 2 rings (SSSR count). The Morgan fingerprint density at radius 1 is 1.16 bits per heavy atom. The molecule has 19 heavy (non-hydrogen) atoms. The number of rotatable bonds is 5. The fourth-order valence-corrected chi connectivity index (χ4v) is 3.63. The summed E-state index contributed by atoms with van der Waals surface area (Å²) >= 11 is 0. The maximum absolute atomic E-state index is 4.47. The van der Waals surface area contributed by atoms with Crippen LogP contribution >= 0.6 is 0 Å². The molecule has 104 valence electrons. The summed E-state index contributed by atoms with van der Waals surface area (Å²) in [6, 6.07) is 8.76. The number of benzene rings is 1. The van der Waals surface area contributed by atoms with E-state index in [1.54, 1.807) is 0 Å². The normalized spacial score (nSPS) is 18.2. The van der Waals surface area contributed by atoms with E-state index in [-0.39, 0.29) is 0 Å². The van der Waals surface area contributed by atoms with Gasteiger partial charge in [-0.05, 0) is 55.6 Å². The van der Waals surface area contributed by atoms with Crippen LogP contribution in [0.2, 0.25) is 0 Å². The molecule has 0 aliphatic heterocycles. The van der Waals surface area contributed by atoms with E-state index < -0.39 is 0 Å². The van der Waals surface area contributed by atoms with Crippen molar-refractivity contribution in [1.82, 2.24) is 0 Å². The van der Waals surface area contributed by atoms with E-state index in [4.69, 9.17) is 0 Å². The smallest absolute Gasteiger partial charge is 0.00933 e. The van der Waals surface area contributed by atoms with E-state index >= 15 is 0 Å². The van der Waals surface area contributed by atoms with Crippen molar-refractivity contribution in [3.05, 3.63) is 47.5 Å². The maximum atomic E-state index is 4.47. The van der Waals surface area contributed by atoms with Crippen molar-refractivity contribution in [1.29, 1.82) is 0 Å². The Balaban J connectivity index is 1.98. The number of aryl methyl sites for hydroxylation is 2. The zero-order valence-electron chi connectivity index (χ0n) is 12.7. The minimum absolute atomic E-state index is 0.459. The Hall–Kier alpha value is -1.04. The van der Waals surface area contributed by atoms with Gasteiger partial charge in [-0.3, -0.25) is 0 Å². The van der Waals surface area contributed by atoms with Gasteiger partial charge in [-0.15, -0.1) is 0 Å². The van der Waals surface area contributed by atoms with Crippen LogP contribution < -0.4 is 0 Å². The minimum atomic E-state index is 0.459. The molecule has 0 radical (unpaired) electrons. The predicted octanol–water partition coefficient (Wildman–Crippen LogP) is 5.84. The van der Waals surface area contributed by atoms with Gasteiger partial charge in [-0.25, -0.2) is 0 Å². The first-order valence-corrected chi connectivity index (χ1v) is 7.91. The third-order valence-corrected chi connectivity index (χ3v) is 5.19. The molecular weight excluding hydrogens is 228 g/mol. The van der Waals surface area contributed by atoms with Gasteiger partial charge in [0.25, 0.3) is 0 Å². The first kappa shape index (κ1) is 14.4. The molecule has 1 fully saturated rings. The zero-order chi connectivity index (χ0) is 13.7. The molecule has 1 aromatic rings. The Kier molecular flexibility index (Phi) is 4.85. The van der Waals surface area contributed by atoms with Gasteiger partial charge in [0, 0.05) is 0 Å². The second-order valence-electron chi connectivity index (χ2n) is 6.22. The molecule has 1 aliphatic carbocycles. The molecule has 0 heterocycles. The highest BCUT2D eigenvalue weighted by atomic mass is 14.4. The molecule has 1 saturated carbocycles. The molecule has 0 atom stereocenters. The van der Waals surface area contributed by atoms with Crippen molar-refractivity contribution in [3.8, 4) is 0 Å². The molecule has 0 spiro atoms. The van der Waals surface area contributed by atoms with E-state index in [2.05, 4.69) is 44.7 Å². The van der Waals surface area contributed by atoms with Crippen LogP contribution in [0.3, 0.4) is 0 Å². The van der Waals surface area contributed by atoms with E-state index in [0.29, 0.717) is 5.41 Å². The van der Waals surface area contributed by atoms with Gasteiger partial charge in [0.1, 0.15) is 0 Å². The lowest BCUT2D eigenvalue weighted by atomic mass is 9.66. The molecule has 0 heteroatoms. The SMILES string of the molecule is C=C(CCc1ccccc1C)C1(CC)CCCCC1. The molecule has 0 unspecified atom stereocenters. The van der Waals surface area contributed by atoms with E-state index in [1.165, 1.54) is 61.6 Å². The molecule has 1 aliphatic rings. The van der Waals surface area contributed by atoms with Crippen LogP contribution in [0.25, 0.3) is 0 Å². The van der Waals surface area contributed by atoms with E-state index in [1.807, 2.05) is 0 Å². The van der Waals surface area contributed by atoms with Gasteiger partial charge in [-0.1, -0.05) is 62.6 Å². The van der Waals surface area contributed by atoms with Crippen molar-refractivity contribution in [2.24, 2.45) is 5.41 Å². The van der Waals surface area contributed by atoms with E-state index in [9.17, 15) is 0 Å². The minimum Gasteiger partial charge on any atom is -0.0993 e. The number of hydrogen-bond donors (Lipinski definition) is 0. The molecular formula is C19H28. The summed E-state index contributed by atoms with van der Waals surface area (Å²) in [5.41, 5.74) is 4.88. The lowest BCUT2D eigenvalue weighted by Crippen LogP contribution is -2.25. The lowest BCUT2D eigenvalue weighted by Gasteiger charge is -2.38. The first-order chi connectivity index (χ1) is 9.18. The molecule has 0 bridgehead atoms. The number of allylic oxidation sites excluding steroid dienone is 1. The molecule has 0 saturated heterocycles. The van der Waals surface area contributed by atoms with Crippen molar-refractivity contribution < 1.29 is 0 Å². The fourth-order valence-electron chi connectivity index (χ4n) is 3.63. The third-order valence-electron chi connectivity index (χ3n) is 5.19. The summed E-state index contributed by atoms with van der Waals surface area (Å²) in [7, 11) is 0. The van der Waals surface area contributed by atoms with Crippen LogP contribution in [0, 0.1) is 12.3 Å². The second-order valence-corrected chi connectivity index (χ2v) is 6.22. The Labute approximate surface area is 118 Å². The summed E-state index contributed by atoms with van der Waals surface area (Å²) < 4.78 is 0. The van der Waals surface area contributed by atoms with E-state index in [0.717, 1.165) is 6.42 Å². The summed E-state index contributed by atoms with van der Waals surface area (Å²) in [4.78, 5) is 0. The highest BCUT2D eigenvalue weighted by molar-refractivity contribution is 5.27. The summed E-state index contributed by atoms with van der Waals surface area (Å²) in [5, 5.41) is 0. The quantitative estimate of drug-likeness (QED) is 0.580. The molecule has 1 aromatic carbocycles. The predicted molar refractivity (Wildman–Crippen MR) is 84.4 cm³/mol. The zero-order valence-corrected chi connectivity index (χ0v) is 12.7. The monoisotopic (exact) mass is 256 g/mol. The molecule has 0 amide bonds. The van der Waals surface area contributed by atoms with Crippen molar-refractivity contribution in [3.63, 3.8) is 0 Å². The number of hydrogen-bond acceptors (Lipinski definition) is 0. The van der Waals surface area contributed by atoms with Gasteiger partial charge in [-0.2, -0.15) is 0 Å². The van der Waals surface area contributed by atoms with Crippen molar-refractivity contribution >= 4 is 0 Å². The third kappa shape index (κ3) is 3.29. The van der Waals surface area contributed by atoms with Gasteiger partial charge in [0.15, 0.2) is 0 Å². The van der Waals surface area contributed by atoms with Gasteiger partial charge >= 0.3 is 0 Å². The van der Waals surface area contributed by atoms with Crippen molar-refractivity contribution in [2.45, 2.75) is 65.2 Å². The van der Waals surface area contributed by atoms with Crippen LogP contribution in [-0.2, 0) is 6.42 Å². The topological polar surface area (TPSA) is 0 Å². The molecule has 0 nitrogen and oxygen atoms in total. The van der Waals surface area contributed by atoms with Gasteiger partial charge < -0.3 is 0 Å². The van der Waals surface area contributed by atoms with Crippen molar-refractivity contribution in [2.75, 3.05) is 0 Å². The largest absolute Gasteiger partial charge is 0.0993 e. The molecule has 0 aromatic heterocycles. The van der Waals surface area contributed by atoms with Crippen LogP contribution in [-0.4, -0.2) is 0 Å². The van der Waals surface area contributed by atoms with Crippen LogP contribution in [0.4, 0.5) is 0 Å². The van der Waals surface area contributed by atoms with Gasteiger partial charge in [0.2, 0.25) is 0 Å². The van der Waals surface area contributed by atoms with Crippen LogP contribution in [0.5, 0.6) is 0 Å². The first-order valence-electron chi connectivity index (χ1n) is 7.91. The summed E-state index contributed by atoms with van der Waals surface area (Å²) in [5.74, 6) is 0. The Morgan fingerprint density at radius 3 is 2.47 bits per heavy atom. The Morgan fingerprint density at radius 2 is 1.84 bits per heavy atom. The lowest BCUT2D eigenvalue weighted by molar-refractivity contribution is 0.225. The fraction of sp³-hybridized carbons (Fsp3) is 0.579.